The number of carbonyl (C=O) groups excluding carboxylic acids is 2. The summed E-state index contributed by atoms with van der Waals surface area (Å²) in [6.07, 6.45) is -0.724. The second kappa shape index (κ2) is 8.01. The molecule has 5 nitrogen and oxygen atoms in total. The molecule has 138 valence electrons. The number of amides is 1. The van der Waals surface area contributed by atoms with Crippen molar-refractivity contribution in [2.24, 2.45) is 0 Å². The Balaban J connectivity index is 1.95. The monoisotopic (exact) mass is 385 g/mol. The number of hydrogen-bond donors (Lipinski definition) is 1. The molecule has 7 heteroatoms. The molecular weight excluding hydrogens is 369 g/mol. The topological polar surface area (TPSA) is 64.6 Å². The molecule has 1 N–H and O–H groups in total. The summed E-state index contributed by atoms with van der Waals surface area (Å²) in [6, 6.07) is 14.3. The fourth-order valence-corrected chi connectivity index (χ4v) is 3.66. The minimum atomic E-state index is -0.724. The van der Waals surface area contributed by atoms with Crippen molar-refractivity contribution in [3.05, 3.63) is 70.9 Å². The van der Waals surface area contributed by atoms with Gasteiger partial charge in [-0.25, -0.2) is 14.0 Å². The van der Waals surface area contributed by atoms with Gasteiger partial charge in [0.15, 0.2) is 0 Å². The van der Waals surface area contributed by atoms with E-state index in [2.05, 4.69) is 5.32 Å². The van der Waals surface area contributed by atoms with E-state index in [-0.39, 0.29) is 11.4 Å². The first-order valence-electron chi connectivity index (χ1n) is 8.01. The average Bonchev–Trinajstić information content (AvgIpc) is 2.98. The third kappa shape index (κ3) is 4.15. The number of esters is 1. The van der Waals surface area contributed by atoms with Crippen LogP contribution >= 0.6 is 11.3 Å². The molecule has 2 aromatic carbocycles. The number of nitrogens with one attached hydrogen (secondary N) is 1. The van der Waals surface area contributed by atoms with E-state index in [4.69, 9.17) is 9.47 Å². The molecule has 1 aromatic heterocycles. The van der Waals surface area contributed by atoms with E-state index in [9.17, 15) is 14.0 Å². The molecule has 3 rings (SSSR count). The van der Waals surface area contributed by atoms with Crippen molar-refractivity contribution in [3.63, 3.8) is 0 Å². The number of thiophene rings is 1. The van der Waals surface area contributed by atoms with E-state index in [1.807, 2.05) is 6.92 Å². The second-order valence-electron chi connectivity index (χ2n) is 5.56. The summed E-state index contributed by atoms with van der Waals surface area (Å²) < 4.78 is 23.3. The van der Waals surface area contributed by atoms with E-state index in [0.717, 1.165) is 4.88 Å². The predicted octanol–water partition coefficient (Wildman–Crippen LogP) is 5.26. The van der Waals surface area contributed by atoms with Gasteiger partial charge in [-0.2, -0.15) is 0 Å². The predicted molar refractivity (Wildman–Crippen MR) is 102 cm³/mol. The van der Waals surface area contributed by atoms with Gasteiger partial charge in [0, 0.05) is 10.4 Å². The summed E-state index contributed by atoms with van der Waals surface area (Å²) in [7, 11) is 1.26. The van der Waals surface area contributed by atoms with E-state index >= 15 is 0 Å². The fourth-order valence-electron chi connectivity index (χ4n) is 2.61. The zero-order chi connectivity index (χ0) is 19.4. The maximum Gasteiger partial charge on any atom is 0.417 e. The summed E-state index contributed by atoms with van der Waals surface area (Å²) >= 11 is 1.22. The Morgan fingerprint density at radius 1 is 1.04 bits per heavy atom. The molecular formula is C20H16FNO4S. The van der Waals surface area contributed by atoms with Crippen LogP contribution in [-0.2, 0) is 4.74 Å². The van der Waals surface area contributed by atoms with Gasteiger partial charge in [-0.05, 0) is 36.8 Å². The molecule has 0 fully saturated rings. The van der Waals surface area contributed by atoms with Crippen molar-refractivity contribution < 1.29 is 23.5 Å². The number of carbonyl (C=O) groups is 2. The van der Waals surface area contributed by atoms with Gasteiger partial charge in [-0.3, -0.25) is 5.32 Å². The van der Waals surface area contributed by atoms with Crippen LogP contribution in [0.15, 0.2) is 54.6 Å². The lowest BCUT2D eigenvalue weighted by atomic mass is 10.0. The number of rotatable bonds is 4. The molecule has 0 radical (unpaired) electrons. The first-order chi connectivity index (χ1) is 13.0. The summed E-state index contributed by atoms with van der Waals surface area (Å²) in [5.41, 5.74) is 1.44. The molecule has 0 unspecified atom stereocenters. The first-order valence-corrected chi connectivity index (χ1v) is 8.82. The Kier molecular flexibility index (Phi) is 5.52. The van der Waals surface area contributed by atoms with E-state index in [0.29, 0.717) is 21.9 Å². The highest BCUT2D eigenvalue weighted by atomic mass is 32.1. The number of halogens is 1. The van der Waals surface area contributed by atoms with Crippen LogP contribution < -0.4 is 10.1 Å². The SMILES string of the molecule is COC(=O)c1c(NC(=O)Oc2ccccc2)sc(C)c1-c1ccc(F)cc1. The number of ether oxygens (including phenoxy) is 2. The molecule has 0 aliphatic rings. The van der Waals surface area contributed by atoms with E-state index in [1.165, 1.54) is 30.6 Å². The van der Waals surface area contributed by atoms with E-state index < -0.39 is 12.1 Å². The molecule has 27 heavy (non-hydrogen) atoms. The average molecular weight is 385 g/mol. The van der Waals surface area contributed by atoms with Crippen molar-refractivity contribution in [1.29, 1.82) is 0 Å². The zero-order valence-electron chi connectivity index (χ0n) is 14.6. The van der Waals surface area contributed by atoms with Crippen LogP contribution in [-0.4, -0.2) is 19.2 Å². The standard InChI is InChI=1S/C20H16FNO4S/c1-12-16(13-8-10-14(21)11-9-13)17(19(23)25-2)18(27-12)22-20(24)26-15-6-4-3-5-7-15/h3-11H,1-2H3,(H,22,24). The summed E-state index contributed by atoms with van der Waals surface area (Å²) in [5, 5.41) is 2.90. The van der Waals surface area contributed by atoms with Gasteiger partial charge < -0.3 is 9.47 Å². The zero-order valence-corrected chi connectivity index (χ0v) is 15.4. The Bertz CT molecular complexity index is 968. The molecule has 1 amide bonds. The number of hydrogen-bond acceptors (Lipinski definition) is 5. The second-order valence-corrected chi connectivity index (χ2v) is 6.79. The van der Waals surface area contributed by atoms with Crippen molar-refractivity contribution in [2.45, 2.75) is 6.92 Å². The molecule has 0 bridgehead atoms. The quantitative estimate of drug-likeness (QED) is 0.622. The highest BCUT2D eigenvalue weighted by molar-refractivity contribution is 7.17. The Morgan fingerprint density at radius 2 is 1.70 bits per heavy atom. The highest BCUT2D eigenvalue weighted by Crippen LogP contribution is 2.40. The Labute approximate surface area is 159 Å². The van der Waals surface area contributed by atoms with Gasteiger partial charge in [0.1, 0.15) is 22.1 Å². The molecule has 3 aromatic rings. The van der Waals surface area contributed by atoms with Crippen molar-refractivity contribution >= 4 is 28.4 Å². The third-order valence-electron chi connectivity index (χ3n) is 3.78. The third-order valence-corrected chi connectivity index (χ3v) is 4.80. The van der Waals surface area contributed by atoms with Crippen LogP contribution in [0.25, 0.3) is 11.1 Å². The van der Waals surface area contributed by atoms with Gasteiger partial charge in [-0.1, -0.05) is 30.3 Å². The fraction of sp³-hybridized carbons (Fsp3) is 0.100. The Hall–Kier alpha value is -3.19. The number of aryl methyl sites for hydroxylation is 1. The normalized spacial score (nSPS) is 10.3. The van der Waals surface area contributed by atoms with Crippen LogP contribution in [0.5, 0.6) is 5.75 Å². The lowest BCUT2D eigenvalue weighted by Gasteiger charge is -2.08. The molecule has 0 spiro atoms. The smallest absolute Gasteiger partial charge is 0.417 e. The number of methoxy groups -OCH3 is 1. The van der Waals surface area contributed by atoms with Crippen molar-refractivity contribution in [2.75, 3.05) is 12.4 Å². The van der Waals surface area contributed by atoms with E-state index in [1.54, 1.807) is 42.5 Å². The summed E-state index contributed by atoms with van der Waals surface area (Å²) in [6.45, 7) is 1.81. The molecule has 0 saturated heterocycles. The van der Waals surface area contributed by atoms with Crippen LogP contribution in [0.3, 0.4) is 0 Å². The maximum absolute atomic E-state index is 13.2. The molecule has 0 aliphatic heterocycles. The molecule has 0 atom stereocenters. The maximum atomic E-state index is 13.2. The summed E-state index contributed by atoms with van der Waals surface area (Å²) in [4.78, 5) is 25.4. The minimum absolute atomic E-state index is 0.205. The number of anilines is 1. The largest absolute Gasteiger partial charge is 0.465 e. The van der Waals surface area contributed by atoms with Crippen LogP contribution in [0, 0.1) is 12.7 Å². The number of benzene rings is 2. The van der Waals surface area contributed by atoms with Gasteiger partial charge >= 0.3 is 12.1 Å². The molecule has 0 saturated carbocycles. The van der Waals surface area contributed by atoms with Gasteiger partial charge in [0.05, 0.1) is 7.11 Å². The minimum Gasteiger partial charge on any atom is -0.465 e. The lowest BCUT2D eigenvalue weighted by molar-refractivity contribution is 0.0603. The van der Waals surface area contributed by atoms with Gasteiger partial charge in [0.2, 0.25) is 0 Å². The van der Waals surface area contributed by atoms with Crippen molar-refractivity contribution in [3.8, 4) is 16.9 Å². The van der Waals surface area contributed by atoms with Gasteiger partial charge in [0.25, 0.3) is 0 Å². The summed E-state index contributed by atoms with van der Waals surface area (Å²) in [5.74, 6) is -0.605. The lowest BCUT2D eigenvalue weighted by Crippen LogP contribution is -2.18. The Morgan fingerprint density at radius 3 is 2.33 bits per heavy atom. The van der Waals surface area contributed by atoms with Gasteiger partial charge in [-0.15, -0.1) is 11.3 Å². The molecule has 1 heterocycles. The van der Waals surface area contributed by atoms with Crippen LogP contribution in [0.1, 0.15) is 15.2 Å². The highest BCUT2D eigenvalue weighted by Gasteiger charge is 2.25. The van der Waals surface area contributed by atoms with Crippen LogP contribution in [0.2, 0.25) is 0 Å². The van der Waals surface area contributed by atoms with Crippen LogP contribution in [0.4, 0.5) is 14.2 Å². The number of para-hydroxylation sites is 1. The first kappa shape index (κ1) is 18.6. The van der Waals surface area contributed by atoms with Crippen molar-refractivity contribution in [1.82, 2.24) is 0 Å². The molecule has 0 aliphatic carbocycles.